The number of halogens is 5. The molecule has 0 radical (unpaired) electrons. The van der Waals surface area contributed by atoms with Crippen molar-refractivity contribution >= 4 is 29.1 Å². The second-order valence-corrected chi connectivity index (χ2v) is 6.52. The van der Waals surface area contributed by atoms with Crippen LogP contribution in [0.5, 0.6) is 0 Å². The highest BCUT2D eigenvalue weighted by Crippen LogP contribution is 2.41. The van der Waals surface area contributed by atoms with Crippen LogP contribution in [-0.4, -0.2) is 21.9 Å². The van der Waals surface area contributed by atoms with Crippen LogP contribution < -0.4 is 5.32 Å². The molecule has 0 bridgehead atoms. The first-order valence-electron chi connectivity index (χ1n) is 7.41. The Kier molecular flexibility index (Phi) is 4.88. The average molecular weight is 390 g/mol. The lowest BCUT2D eigenvalue weighted by molar-refractivity contribution is -0.141. The van der Waals surface area contributed by atoms with Crippen molar-refractivity contribution in [3.05, 3.63) is 57.6 Å². The van der Waals surface area contributed by atoms with Crippen molar-refractivity contribution in [2.45, 2.75) is 31.0 Å². The standard InChI is InChI=1S/C16H12Cl2F3N3O/c17-8-1-2-9(11(18)7-8)10-3-4-12(10)24-15(25)13-14(16(19,20)21)23-6-5-22-13/h1-2,5-7,10,12H,3-4H2,(H,24,25)/t10-,12-/m0/s1. The fourth-order valence-corrected chi connectivity index (χ4v) is 3.34. The van der Waals surface area contributed by atoms with E-state index in [0.717, 1.165) is 24.4 Å². The van der Waals surface area contributed by atoms with Crippen LogP contribution in [0.15, 0.2) is 30.6 Å². The number of hydrogen-bond acceptors (Lipinski definition) is 3. The summed E-state index contributed by atoms with van der Waals surface area (Å²) in [4.78, 5) is 19.0. The van der Waals surface area contributed by atoms with Gasteiger partial charge in [-0.1, -0.05) is 29.3 Å². The van der Waals surface area contributed by atoms with Gasteiger partial charge in [0.05, 0.1) is 0 Å². The molecule has 1 aliphatic rings. The number of rotatable bonds is 3. The van der Waals surface area contributed by atoms with Gasteiger partial charge in [-0.25, -0.2) is 9.97 Å². The summed E-state index contributed by atoms with van der Waals surface area (Å²) in [6, 6.07) is 4.72. The smallest absolute Gasteiger partial charge is 0.347 e. The molecule has 3 rings (SSSR count). The monoisotopic (exact) mass is 389 g/mol. The maximum atomic E-state index is 13.0. The lowest BCUT2D eigenvalue weighted by Gasteiger charge is -2.38. The molecular formula is C16H12Cl2F3N3O. The number of carbonyl (C=O) groups excluding carboxylic acids is 1. The van der Waals surface area contributed by atoms with Crippen molar-refractivity contribution < 1.29 is 18.0 Å². The maximum absolute atomic E-state index is 13.0. The zero-order chi connectivity index (χ0) is 18.2. The topological polar surface area (TPSA) is 54.9 Å². The maximum Gasteiger partial charge on any atom is 0.435 e. The van der Waals surface area contributed by atoms with E-state index in [1.54, 1.807) is 18.2 Å². The SMILES string of the molecule is O=C(N[C@H]1CC[C@H]1c1ccc(Cl)cc1Cl)c1nccnc1C(F)(F)F. The largest absolute Gasteiger partial charge is 0.435 e. The summed E-state index contributed by atoms with van der Waals surface area (Å²) in [6.45, 7) is 0. The second kappa shape index (κ2) is 6.80. The van der Waals surface area contributed by atoms with Gasteiger partial charge >= 0.3 is 6.18 Å². The minimum absolute atomic E-state index is 0.0836. The zero-order valence-corrected chi connectivity index (χ0v) is 14.2. The van der Waals surface area contributed by atoms with Crippen molar-refractivity contribution in [3.63, 3.8) is 0 Å². The van der Waals surface area contributed by atoms with Gasteiger partial charge in [0.15, 0.2) is 11.4 Å². The molecule has 1 heterocycles. The van der Waals surface area contributed by atoms with Crippen LogP contribution >= 0.6 is 23.2 Å². The molecule has 25 heavy (non-hydrogen) atoms. The molecule has 0 aliphatic heterocycles. The minimum atomic E-state index is -4.75. The third-order valence-corrected chi connectivity index (χ3v) is 4.70. The fourth-order valence-electron chi connectivity index (χ4n) is 2.80. The predicted molar refractivity (Wildman–Crippen MR) is 86.7 cm³/mol. The van der Waals surface area contributed by atoms with Gasteiger partial charge in [-0.15, -0.1) is 0 Å². The molecule has 2 atom stereocenters. The predicted octanol–water partition coefficient (Wildman–Crippen LogP) is 4.48. The molecule has 0 unspecified atom stereocenters. The summed E-state index contributed by atoms with van der Waals surface area (Å²) in [5.74, 6) is -0.986. The molecule has 1 N–H and O–H groups in total. The van der Waals surface area contributed by atoms with E-state index in [4.69, 9.17) is 23.2 Å². The number of alkyl halides is 3. The molecular weight excluding hydrogens is 378 g/mol. The molecule has 1 aliphatic carbocycles. The first kappa shape index (κ1) is 17.9. The van der Waals surface area contributed by atoms with E-state index in [-0.39, 0.29) is 12.0 Å². The molecule has 0 spiro atoms. The van der Waals surface area contributed by atoms with Crippen molar-refractivity contribution in [3.8, 4) is 0 Å². The van der Waals surface area contributed by atoms with Gasteiger partial charge in [-0.3, -0.25) is 4.79 Å². The Bertz CT molecular complexity index is 813. The molecule has 1 aromatic carbocycles. The van der Waals surface area contributed by atoms with Gasteiger partial charge in [0.25, 0.3) is 5.91 Å². The normalized spacial score (nSPS) is 20.0. The van der Waals surface area contributed by atoms with E-state index < -0.39 is 23.5 Å². The number of nitrogens with one attached hydrogen (secondary N) is 1. The van der Waals surface area contributed by atoms with Crippen molar-refractivity contribution in [2.75, 3.05) is 0 Å². The highest BCUT2D eigenvalue weighted by atomic mass is 35.5. The molecule has 2 aromatic rings. The second-order valence-electron chi connectivity index (χ2n) is 5.68. The third kappa shape index (κ3) is 3.72. The van der Waals surface area contributed by atoms with E-state index in [9.17, 15) is 18.0 Å². The molecule has 1 amide bonds. The van der Waals surface area contributed by atoms with Gasteiger partial charge in [0.2, 0.25) is 0 Å². The number of aromatic nitrogens is 2. The highest BCUT2D eigenvalue weighted by Gasteiger charge is 2.40. The fraction of sp³-hybridized carbons (Fsp3) is 0.312. The van der Waals surface area contributed by atoms with Crippen molar-refractivity contribution in [1.82, 2.24) is 15.3 Å². The average Bonchev–Trinajstić information content (AvgIpc) is 2.53. The molecule has 0 saturated heterocycles. The summed E-state index contributed by atoms with van der Waals surface area (Å²) < 4.78 is 38.9. The van der Waals surface area contributed by atoms with Crippen LogP contribution in [0.25, 0.3) is 0 Å². The lowest BCUT2D eigenvalue weighted by atomic mass is 9.75. The number of carbonyl (C=O) groups is 1. The molecule has 4 nitrogen and oxygen atoms in total. The number of nitrogens with zero attached hydrogens (tertiary/aromatic N) is 2. The first-order valence-corrected chi connectivity index (χ1v) is 8.17. The Morgan fingerprint density at radius 3 is 2.48 bits per heavy atom. The van der Waals surface area contributed by atoms with Crippen LogP contribution in [-0.2, 0) is 6.18 Å². The molecule has 132 valence electrons. The molecule has 1 saturated carbocycles. The van der Waals surface area contributed by atoms with Crippen molar-refractivity contribution in [2.24, 2.45) is 0 Å². The van der Waals surface area contributed by atoms with Gasteiger partial charge < -0.3 is 5.32 Å². The van der Waals surface area contributed by atoms with E-state index in [1.807, 2.05) is 0 Å². The van der Waals surface area contributed by atoms with Gasteiger partial charge in [-0.05, 0) is 30.5 Å². The number of hydrogen-bond donors (Lipinski definition) is 1. The minimum Gasteiger partial charge on any atom is -0.347 e. The first-order chi connectivity index (χ1) is 11.8. The number of benzene rings is 1. The van der Waals surface area contributed by atoms with E-state index in [0.29, 0.717) is 16.5 Å². The summed E-state index contributed by atoms with van der Waals surface area (Å²) in [7, 11) is 0. The Morgan fingerprint density at radius 2 is 1.88 bits per heavy atom. The zero-order valence-electron chi connectivity index (χ0n) is 12.6. The molecule has 9 heteroatoms. The van der Waals surface area contributed by atoms with Crippen LogP contribution in [0.2, 0.25) is 10.0 Å². The molecule has 1 fully saturated rings. The third-order valence-electron chi connectivity index (χ3n) is 4.13. The van der Waals surface area contributed by atoms with E-state index >= 15 is 0 Å². The van der Waals surface area contributed by atoms with Crippen LogP contribution in [0.1, 0.15) is 40.5 Å². The Balaban J connectivity index is 1.78. The Labute approximate surface area is 151 Å². The van der Waals surface area contributed by atoms with Crippen LogP contribution in [0.4, 0.5) is 13.2 Å². The quantitative estimate of drug-likeness (QED) is 0.841. The lowest BCUT2D eigenvalue weighted by Crippen LogP contribution is -2.46. The summed E-state index contributed by atoms with van der Waals surface area (Å²) in [6.07, 6.45) is -1.40. The Morgan fingerprint density at radius 1 is 1.16 bits per heavy atom. The summed E-state index contributed by atoms with van der Waals surface area (Å²) >= 11 is 12.0. The summed E-state index contributed by atoms with van der Waals surface area (Å²) in [5, 5.41) is 3.56. The van der Waals surface area contributed by atoms with Crippen LogP contribution in [0.3, 0.4) is 0 Å². The molecule has 1 aromatic heterocycles. The Hall–Kier alpha value is -1.86. The van der Waals surface area contributed by atoms with Gasteiger partial charge in [-0.2, -0.15) is 13.2 Å². The summed E-state index contributed by atoms with van der Waals surface area (Å²) in [5.41, 5.74) is -1.23. The van der Waals surface area contributed by atoms with Crippen LogP contribution in [0, 0.1) is 0 Å². The van der Waals surface area contributed by atoms with Gasteiger partial charge in [0, 0.05) is 34.4 Å². The number of amides is 1. The highest BCUT2D eigenvalue weighted by molar-refractivity contribution is 6.35. The van der Waals surface area contributed by atoms with Crippen molar-refractivity contribution in [1.29, 1.82) is 0 Å². The van der Waals surface area contributed by atoms with E-state index in [1.165, 1.54) is 0 Å². The van der Waals surface area contributed by atoms with Gasteiger partial charge in [0.1, 0.15) is 0 Å². The van der Waals surface area contributed by atoms with E-state index in [2.05, 4.69) is 15.3 Å².